The molecule has 2 rings (SSSR count). The molecule has 2 atom stereocenters. The van der Waals surface area contributed by atoms with E-state index in [0.717, 1.165) is 5.52 Å². The van der Waals surface area contributed by atoms with Crippen LogP contribution in [0.25, 0.3) is 10.9 Å². The summed E-state index contributed by atoms with van der Waals surface area (Å²) in [6.07, 6.45) is 1.93. The highest BCUT2D eigenvalue weighted by molar-refractivity contribution is 7.84. The third-order valence-electron chi connectivity index (χ3n) is 2.94. The van der Waals surface area contributed by atoms with Crippen molar-refractivity contribution in [3.63, 3.8) is 0 Å². The van der Waals surface area contributed by atoms with E-state index in [9.17, 15) is 4.21 Å². The molecule has 98 valence electrons. The summed E-state index contributed by atoms with van der Waals surface area (Å²) in [6, 6.07) is 8.26. The molecule has 0 saturated heterocycles. The molecule has 0 aliphatic rings. The summed E-state index contributed by atoms with van der Waals surface area (Å²) in [5, 5.41) is 1.18. The fourth-order valence-electron chi connectivity index (χ4n) is 1.89. The van der Waals surface area contributed by atoms with Crippen LogP contribution in [-0.2, 0) is 11.0 Å². The number of nitrogens with one attached hydrogen (secondary N) is 2. The normalized spacial score (nSPS) is 15.8. The van der Waals surface area contributed by atoms with E-state index in [1.165, 1.54) is 10.9 Å². The first-order chi connectivity index (χ1) is 8.39. The second kappa shape index (κ2) is 4.86. The molecule has 1 aromatic heterocycles. The number of aromatic amines is 1. The molecule has 0 spiro atoms. The molecule has 1 heterocycles. The number of hydrogen-bond donors (Lipinski definition) is 2. The Bertz CT molecular complexity index is 568. The zero-order valence-electron chi connectivity index (χ0n) is 11.3. The molecule has 0 radical (unpaired) electrons. The molecule has 0 bridgehead atoms. The number of aromatic nitrogens is 1. The summed E-state index contributed by atoms with van der Waals surface area (Å²) in [7, 11) is -1.06. The lowest BCUT2D eigenvalue weighted by Gasteiger charge is -2.22. The van der Waals surface area contributed by atoms with Gasteiger partial charge in [0.1, 0.15) is 0 Å². The molecule has 2 aromatic rings. The van der Waals surface area contributed by atoms with E-state index in [1.54, 1.807) is 0 Å². The average Bonchev–Trinajstić information content (AvgIpc) is 2.74. The maximum absolute atomic E-state index is 12.1. The third-order valence-corrected chi connectivity index (χ3v) is 4.62. The third kappa shape index (κ3) is 2.65. The lowest BCUT2D eigenvalue weighted by Crippen LogP contribution is -2.34. The van der Waals surface area contributed by atoms with E-state index >= 15 is 0 Å². The predicted octanol–water partition coefficient (Wildman–Crippen LogP) is 3.28. The van der Waals surface area contributed by atoms with E-state index in [2.05, 4.69) is 21.8 Å². The molecule has 0 aliphatic heterocycles. The van der Waals surface area contributed by atoms with Crippen LogP contribution in [0.4, 0.5) is 0 Å². The number of fused-ring (bicyclic) bond motifs is 1. The lowest BCUT2D eigenvalue weighted by atomic mass is 10.1. The maximum Gasteiger partial charge on any atom is 0.0975 e. The Morgan fingerprint density at radius 3 is 2.67 bits per heavy atom. The summed E-state index contributed by atoms with van der Waals surface area (Å²) >= 11 is 0. The molecule has 0 amide bonds. The van der Waals surface area contributed by atoms with Gasteiger partial charge in [0, 0.05) is 23.1 Å². The van der Waals surface area contributed by atoms with Crippen molar-refractivity contribution in [1.29, 1.82) is 0 Å². The quantitative estimate of drug-likeness (QED) is 0.878. The van der Waals surface area contributed by atoms with Crippen LogP contribution in [0.3, 0.4) is 0 Å². The van der Waals surface area contributed by atoms with Gasteiger partial charge in [-0.3, -0.25) is 0 Å². The molecular weight excluding hydrogens is 244 g/mol. The fraction of sp³-hybridized carbons (Fsp3) is 0.429. The molecule has 2 N–H and O–H groups in total. The first kappa shape index (κ1) is 13.3. The van der Waals surface area contributed by atoms with E-state index in [-0.39, 0.29) is 10.8 Å². The lowest BCUT2D eigenvalue weighted by molar-refractivity contribution is 0.617. The highest BCUT2D eigenvalue weighted by Crippen LogP contribution is 2.24. The second-order valence-corrected chi connectivity index (χ2v) is 7.50. The number of rotatable bonds is 3. The Morgan fingerprint density at radius 1 is 1.28 bits per heavy atom. The SMILES string of the molecule is CC(N[S@](=O)C(C)(C)C)c1cccc2[nH]ccc12. The van der Waals surface area contributed by atoms with Crippen molar-refractivity contribution < 1.29 is 4.21 Å². The van der Waals surface area contributed by atoms with Crippen LogP contribution in [0.5, 0.6) is 0 Å². The van der Waals surface area contributed by atoms with Gasteiger partial charge in [-0.25, -0.2) is 8.93 Å². The van der Waals surface area contributed by atoms with Gasteiger partial charge in [0.2, 0.25) is 0 Å². The minimum Gasteiger partial charge on any atom is -0.361 e. The number of hydrogen-bond acceptors (Lipinski definition) is 1. The summed E-state index contributed by atoms with van der Waals surface area (Å²) in [6.45, 7) is 7.96. The smallest absolute Gasteiger partial charge is 0.0975 e. The first-order valence-corrected chi connectivity index (χ1v) is 7.28. The van der Waals surface area contributed by atoms with Gasteiger partial charge in [-0.15, -0.1) is 0 Å². The van der Waals surface area contributed by atoms with Gasteiger partial charge in [-0.1, -0.05) is 12.1 Å². The van der Waals surface area contributed by atoms with Crippen LogP contribution in [-0.4, -0.2) is 13.9 Å². The highest BCUT2D eigenvalue weighted by Gasteiger charge is 2.22. The Hall–Kier alpha value is -1.13. The van der Waals surface area contributed by atoms with Gasteiger partial charge in [-0.05, 0) is 45.4 Å². The zero-order chi connectivity index (χ0) is 13.3. The van der Waals surface area contributed by atoms with Gasteiger partial charge < -0.3 is 4.98 Å². The highest BCUT2D eigenvalue weighted by atomic mass is 32.2. The van der Waals surface area contributed by atoms with Crippen LogP contribution in [0.1, 0.15) is 39.3 Å². The fourth-order valence-corrected chi connectivity index (χ4v) is 2.69. The Balaban J connectivity index is 2.26. The standard InChI is InChI=1S/C14H20N2OS/c1-10(16-18(17)14(2,3)4)11-6-5-7-13-12(11)8-9-15-13/h5-10,15-16H,1-4H3/t10?,18-/m1/s1. The van der Waals surface area contributed by atoms with Crippen LogP contribution >= 0.6 is 0 Å². The summed E-state index contributed by atoms with van der Waals surface area (Å²) in [5.41, 5.74) is 2.29. The van der Waals surface area contributed by atoms with Crippen molar-refractivity contribution in [3.05, 3.63) is 36.0 Å². The number of benzene rings is 1. The van der Waals surface area contributed by atoms with Crippen molar-refractivity contribution in [2.45, 2.75) is 38.5 Å². The second-order valence-electron chi connectivity index (χ2n) is 5.51. The van der Waals surface area contributed by atoms with Gasteiger partial charge in [-0.2, -0.15) is 0 Å². The van der Waals surface area contributed by atoms with Gasteiger partial charge in [0.05, 0.1) is 15.7 Å². The van der Waals surface area contributed by atoms with E-state index in [1.807, 2.05) is 46.0 Å². The molecule has 1 aromatic carbocycles. The Kier molecular flexibility index (Phi) is 3.59. The molecule has 3 nitrogen and oxygen atoms in total. The van der Waals surface area contributed by atoms with Crippen LogP contribution in [0.15, 0.2) is 30.5 Å². The first-order valence-electron chi connectivity index (χ1n) is 6.13. The van der Waals surface area contributed by atoms with E-state index in [0.29, 0.717) is 0 Å². The van der Waals surface area contributed by atoms with Gasteiger partial charge in [0.25, 0.3) is 0 Å². The topological polar surface area (TPSA) is 44.9 Å². The van der Waals surface area contributed by atoms with Crippen LogP contribution in [0.2, 0.25) is 0 Å². The molecule has 0 saturated carbocycles. The van der Waals surface area contributed by atoms with Crippen molar-refractivity contribution in [3.8, 4) is 0 Å². The van der Waals surface area contributed by atoms with Crippen molar-refractivity contribution in [1.82, 2.24) is 9.71 Å². The molecular formula is C14H20N2OS. The largest absolute Gasteiger partial charge is 0.361 e. The zero-order valence-corrected chi connectivity index (χ0v) is 12.1. The van der Waals surface area contributed by atoms with Gasteiger partial charge >= 0.3 is 0 Å². The van der Waals surface area contributed by atoms with Gasteiger partial charge in [0.15, 0.2) is 0 Å². The molecule has 0 aliphatic carbocycles. The van der Waals surface area contributed by atoms with Crippen LogP contribution < -0.4 is 4.72 Å². The molecule has 4 heteroatoms. The molecule has 1 unspecified atom stereocenters. The van der Waals surface area contributed by atoms with Crippen LogP contribution in [0, 0.1) is 0 Å². The Labute approximate surface area is 111 Å². The maximum atomic E-state index is 12.1. The van der Waals surface area contributed by atoms with E-state index in [4.69, 9.17) is 0 Å². The molecule has 0 fully saturated rings. The minimum absolute atomic E-state index is 0.0598. The minimum atomic E-state index is -1.06. The monoisotopic (exact) mass is 264 g/mol. The van der Waals surface area contributed by atoms with Crippen molar-refractivity contribution >= 4 is 21.9 Å². The number of H-pyrrole nitrogens is 1. The summed E-state index contributed by atoms with van der Waals surface area (Å²) in [4.78, 5) is 3.19. The summed E-state index contributed by atoms with van der Waals surface area (Å²) < 4.78 is 15.0. The molecule has 18 heavy (non-hydrogen) atoms. The Morgan fingerprint density at radius 2 is 2.00 bits per heavy atom. The predicted molar refractivity (Wildman–Crippen MR) is 77.7 cm³/mol. The average molecular weight is 264 g/mol. The van der Waals surface area contributed by atoms with E-state index < -0.39 is 11.0 Å². The van der Waals surface area contributed by atoms with Crippen molar-refractivity contribution in [2.75, 3.05) is 0 Å². The van der Waals surface area contributed by atoms with Crippen molar-refractivity contribution in [2.24, 2.45) is 0 Å². The summed E-state index contributed by atoms with van der Waals surface area (Å²) in [5.74, 6) is 0.